The van der Waals surface area contributed by atoms with Crippen LogP contribution in [0, 0.1) is 11.3 Å². The lowest BCUT2D eigenvalue weighted by Crippen LogP contribution is -2.31. The second-order valence-electron chi connectivity index (χ2n) is 5.66. The summed E-state index contributed by atoms with van der Waals surface area (Å²) in [5, 5.41) is 9.02. The van der Waals surface area contributed by atoms with Gasteiger partial charge in [0, 0.05) is 23.6 Å². The molecule has 0 bridgehead atoms. The van der Waals surface area contributed by atoms with Crippen LogP contribution >= 0.6 is 11.8 Å². The van der Waals surface area contributed by atoms with Crippen molar-refractivity contribution >= 4 is 11.8 Å². The van der Waals surface area contributed by atoms with Crippen LogP contribution in [0.5, 0.6) is 5.75 Å². The van der Waals surface area contributed by atoms with Gasteiger partial charge in [0.15, 0.2) is 0 Å². The Balaban J connectivity index is 1.80. The second kappa shape index (κ2) is 7.01. The first-order valence-electron chi connectivity index (χ1n) is 7.09. The van der Waals surface area contributed by atoms with Crippen LogP contribution in [0.25, 0.3) is 0 Å². The van der Waals surface area contributed by atoms with E-state index in [1.54, 1.807) is 6.07 Å². The molecule has 0 spiro atoms. The minimum atomic E-state index is 0.392. The van der Waals surface area contributed by atoms with E-state index in [2.05, 4.69) is 36.6 Å². The molecule has 0 aliphatic carbocycles. The molecule has 1 fully saturated rings. The summed E-state index contributed by atoms with van der Waals surface area (Å²) in [4.78, 5) is 2.46. The minimum Gasteiger partial charge on any atom is -0.491 e. The molecule has 20 heavy (non-hydrogen) atoms. The third-order valence-electron chi connectivity index (χ3n) is 3.60. The average Bonchev–Trinajstić information content (AvgIpc) is 2.61. The molecule has 1 aliphatic rings. The van der Waals surface area contributed by atoms with E-state index in [1.807, 2.05) is 18.2 Å². The lowest BCUT2D eigenvalue weighted by atomic mass is 10.1. The van der Waals surface area contributed by atoms with Gasteiger partial charge in [-0.25, -0.2) is 0 Å². The summed E-state index contributed by atoms with van der Waals surface area (Å²) < 4.78 is 6.14. The van der Waals surface area contributed by atoms with Crippen LogP contribution in [0.3, 0.4) is 0 Å². The van der Waals surface area contributed by atoms with Gasteiger partial charge in [-0.15, -0.1) is 0 Å². The lowest BCUT2D eigenvalue weighted by Gasteiger charge is -2.22. The van der Waals surface area contributed by atoms with Crippen molar-refractivity contribution in [3.05, 3.63) is 29.8 Å². The van der Waals surface area contributed by atoms with Gasteiger partial charge in [-0.1, -0.05) is 26.0 Å². The second-order valence-corrected chi connectivity index (χ2v) is 7.46. The number of thioether (sulfide) groups is 1. The first-order chi connectivity index (χ1) is 9.61. The van der Waals surface area contributed by atoms with E-state index >= 15 is 0 Å². The SMILES string of the molecule is CC1(C)CCN(CCOc2ccccc2C#N)CCS1. The molecule has 1 heterocycles. The Morgan fingerprint density at radius 1 is 1.35 bits per heavy atom. The van der Waals surface area contributed by atoms with Gasteiger partial charge < -0.3 is 4.74 Å². The normalized spacial score (nSPS) is 19.1. The quantitative estimate of drug-likeness (QED) is 0.853. The summed E-state index contributed by atoms with van der Waals surface area (Å²) in [6.45, 7) is 8.46. The Hall–Kier alpha value is -1.18. The van der Waals surface area contributed by atoms with Crippen LogP contribution in [-0.2, 0) is 0 Å². The van der Waals surface area contributed by atoms with E-state index < -0.39 is 0 Å². The molecule has 0 atom stereocenters. The maximum atomic E-state index is 9.02. The van der Waals surface area contributed by atoms with Crippen molar-refractivity contribution in [3.8, 4) is 11.8 Å². The molecule has 0 aromatic heterocycles. The van der Waals surface area contributed by atoms with Crippen molar-refractivity contribution in [2.45, 2.75) is 25.0 Å². The molecule has 1 aromatic rings. The van der Waals surface area contributed by atoms with Crippen LogP contribution in [0.2, 0.25) is 0 Å². The lowest BCUT2D eigenvalue weighted by molar-refractivity contribution is 0.214. The van der Waals surface area contributed by atoms with E-state index in [9.17, 15) is 0 Å². The fourth-order valence-corrected chi connectivity index (χ4v) is 3.39. The summed E-state index contributed by atoms with van der Waals surface area (Å²) >= 11 is 2.06. The van der Waals surface area contributed by atoms with Crippen LogP contribution in [-0.4, -0.2) is 41.6 Å². The Labute approximate surface area is 125 Å². The van der Waals surface area contributed by atoms with Gasteiger partial charge in [0.1, 0.15) is 18.4 Å². The van der Waals surface area contributed by atoms with E-state index in [0.717, 1.165) is 19.6 Å². The Bertz CT molecular complexity index is 482. The fraction of sp³-hybridized carbons (Fsp3) is 0.562. The fourth-order valence-electron chi connectivity index (χ4n) is 2.26. The molecule has 0 unspecified atom stereocenters. The van der Waals surface area contributed by atoms with E-state index in [0.29, 0.717) is 22.7 Å². The molecule has 1 saturated heterocycles. The Morgan fingerprint density at radius 3 is 2.95 bits per heavy atom. The van der Waals surface area contributed by atoms with Crippen LogP contribution < -0.4 is 4.74 Å². The number of para-hydroxylation sites is 1. The number of hydrogen-bond acceptors (Lipinski definition) is 4. The average molecular weight is 290 g/mol. The first-order valence-corrected chi connectivity index (χ1v) is 8.07. The molecule has 108 valence electrons. The van der Waals surface area contributed by atoms with Gasteiger partial charge >= 0.3 is 0 Å². The Morgan fingerprint density at radius 2 is 2.15 bits per heavy atom. The van der Waals surface area contributed by atoms with Crippen LogP contribution in [0.1, 0.15) is 25.8 Å². The molecule has 1 aliphatic heterocycles. The maximum absolute atomic E-state index is 9.02. The van der Waals surface area contributed by atoms with Crippen molar-refractivity contribution < 1.29 is 4.74 Å². The smallest absolute Gasteiger partial charge is 0.137 e. The highest BCUT2D eigenvalue weighted by atomic mass is 32.2. The largest absolute Gasteiger partial charge is 0.491 e. The zero-order valence-corrected chi connectivity index (χ0v) is 13.1. The third-order valence-corrected chi connectivity index (χ3v) is 4.98. The van der Waals surface area contributed by atoms with Crippen LogP contribution in [0.15, 0.2) is 24.3 Å². The third kappa shape index (κ3) is 4.43. The number of benzene rings is 1. The number of hydrogen-bond donors (Lipinski definition) is 0. The highest BCUT2D eigenvalue weighted by Crippen LogP contribution is 2.30. The van der Waals surface area contributed by atoms with E-state index in [1.165, 1.54) is 12.2 Å². The molecule has 1 aromatic carbocycles. The minimum absolute atomic E-state index is 0.392. The molecule has 2 rings (SSSR count). The van der Waals surface area contributed by atoms with Crippen molar-refractivity contribution in [2.75, 3.05) is 32.0 Å². The molecule has 4 heteroatoms. The predicted octanol–water partition coefficient (Wildman–Crippen LogP) is 3.15. The zero-order valence-electron chi connectivity index (χ0n) is 12.3. The van der Waals surface area contributed by atoms with E-state index in [-0.39, 0.29) is 0 Å². The number of rotatable bonds is 4. The highest BCUT2D eigenvalue weighted by molar-refractivity contribution is 8.00. The topological polar surface area (TPSA) is 36.3 Å². The van der Waals surface area contributed by atoms with Gasteiger partial charge in [-0.05, 0) is 25.1 Å². The monoisotopic (exact) mass is 290 g/mol. The zero-order chi connectivity index (χ0) is 14.4. The summed E-state index contributed by atoms with van der Waals surface area (Å²) in [6, 6.07) is 9.58. The molecule has 0 radical (unpaired) electrons. The van der Waals surface area contributed by atoms with Crippen molar-refractivity contribution in [1.82, 2.24) is 4.90 Å². The van der Waals surface area contributed by atoms with Crippen LogP contribution in [0.4, 0.5) is 0 Å². The summed E-state index contributed by atoms with van der Waals surface area (Å²) in [7, 11) is 0. The van der Waals surface area contributed by atoms with Gasteiger partial charge in [0.05, 0.1) is 5.56 Å². The number of nitrogens with zero attached hydrogens (tertiary/aromatic N) is 2. The summed E-state index contributed by atoms with van der Waals surface area (Å²) in [5.74, 6) is 1.88. The Kier molecular flexibility index (Phi) is 5.33. The molecular formula is C16H22N2OS. The van der Waals surface area contributed by atoms with Gasteiger partial charge in [0.25, 0.3) is 0 Å². The molecular weight excluding hydrogens is 268 g/mol. The van der Waals surface area contributed by atoms with Crippen molar-refractivity contribution in [1.29, 1.82) is 5.26 Å². The maximum Gasteiger partial charge on any atom is 0.137 e. The standard InChI is InChI=1S/C16H22N2OS/c1-16(2)7-8-18(10-12-20-16)9-11-19-15-6-4-3-5-14(15)13-17/h3-6H,7-12H2,1-2H3. The number of nitriles is 1. The van der Waals surface area contributed by atoms with Gasteiger partial charge in [-0.2, -0.15) is 17.0 Å². The van der Waals surface area contributed by atoms with E-state index in [4.69, 9.17) is 10.00 Å². The van der Waals surface area contributed by atoms with Gasteiger partial charge in [-0.3, -0.25) is 4.90 Å². The first kappa shape index (κ1) is 15.2. The molecule has 3 nitrogen and oxygen atoms in total. The predicted molar refractivity (Wildman–Crippen MR) is 84.2 cm³/mol. The van der Waals surface area contributed by atoms with Crippen molar-refractivity contribution in [3.63, 3.8) is 0 Å². The highest BCUT2D eigenvalue weighted by Gasteiger charge is 2.23. The summed E-state index contributed by atoms with van der Waals surface area (Å²) in [5.41, 5.74) is 0.611. The van der Waals surface area contributed by atoms with Gasteiger partial charge in [0.2, 0.25) is 0 Å². The molecule has 0 amide bonds. The molecule has 0 N–H and O–H groups in total. The number of ether oxygens (including phenoxy) is 1. The van der Waals surface area contributed by atoms with Crippen molar-refractivity contribution in [2.24, 2.45) is 0 Å². The summed E-state index contributed by atoms with van der Waals surface area (Å²) in [6.07, 6.45) is 1.21. The molecule has 0 saturated carbocycles.